The van der Waals surface area contributed by atoms with Gasteiger partial charge in [-0.05, 0) is 37.8 Å². The van der Waals surface area contributed by atoms with Gasteiger partial charge in [-0.1, -0.05) is 36.4 Å². The summed E-state index contributed by atoms with van der Waals surface area (Å²) < 4.78 is 0. The van der Waals surface area contributed by atoms with Crippen molar-refractivity contribution in [2.24, 2.45) is 0 Å². The van der Waals surface area contributed by atoms with Gasteiger partial charge in [0.25, 0.3) is 0 Å². The normalized spacial score (nSPS) is 19.0. The van der Waals surface area contributed by atoms with Gasteiger partial charge in [0.15, 0.2) is 0 Å². The summed E-state index contributed by atoms with van der Waals surface area (Å²) in [4.78, 5) is 22.0. The van der Waals surface area contributed by atoms with Crippen LogP contribution in [0.5, 0.6) is 0 Å². The molecule has 4 rings (SSSR count). The Balaban J connectivity index is 1.39. The molecule has 2 amide bonds. The van der Waals surface area contributed by atoms with Crippen molar-refractivity contribution in [1.29, 1.82) is 0 Å². The monoisotopic (exact) mass is 336 g/mol. The summed E-state index contributed by atoms with van der Waals surface area (Å²) in [5.74, 6) is 0.798. The van der Waals surface area contributed by atoms with Crippen LogP contribution in [0.3, 0.4) is 0 Å². The Morgan fingerprint density at radius 1 is 1.32 bits per heavy atom. The number of carbonyl (C=O) groups is 1. The number of aromatic amines is 1. The van der Waals surface area contributed by atoms with E-state index < -0.39 is 0 Å². The van der Waals surface area contributed by atoms with Gasteiger partial charge in [0.05, 0.1) is 6.04 Å². The van der Waals surface area contributed by atoms with Gasteiger partial charge in [0, 0.05) is 30.4 Å². The van der Waals surface area contributed by atoms with Crippen LogP contribution in [0.1, 0.15) is 48.5 Å². The van der Waals surface area contributed by atoms with Crippen molar-refractivity contribution < 1.29 is 4.79 Å². The van der Waals surface area contributed by atoms with Crippen LogP contribution >= 0.6 is 0 Å². The number of amides is 2. The van der Waals surface area contributed by atoms with Crippen LogP contribution in [0.15, 0.2) is 36.5 Å². The van der Waals surface area contributed by atoms with Crippen LogP contribution < -0.4 is 5.32 Å². The van der Waals surface area contributed by atoms with E-state index in [0.717, 1.165) is 37.4 Å². The van der Waals surface area contributed by atoms with E-state index in [0.29, 0.717) is 0 Å². The lowest BCUT2D eigenvalue weighted by molar-refractivity contribution is 0.167. The summed E-state index contributed by atoms with van der Waals surface area (Å²) in [6, 6.07) is 8.47. The number of piperidine rings is 1. The lowest BCUT2D eigenvalue weighted by Crippen LogP contribution is -2.48. The number of nitrogens with zero attached hydrogens (tertiary/aromatic N) is 2. The van der Waals surface area contributed by atoms with E-state index in [-0.39, 0.29) is 17.5 Å². The first-order chi connectivity index (χ1) is 12.1. The summed E-state index contributed by atoms with van der Waals surface area (Å²) in [5, 5.41) is 3.05. The average molecular weight is 336 g/mol. The third-order valence-electron chi connectivity index (χ3n) is 5.49. The molecule has 2 N–H and O–H groups in total. The largest absolute Gasteiger partial charge is 0.344 e. The fourth-order valence-electron chi connectivity index (χ4n) is 3.98. The Labute approximate surface area is 148 Å². The van der Waals surface area contributed by atoms with Gasteiger partial charge in [-0.15, -0.1) is 0 Å². The molecule has 1 aliphatic heterocycles. The van der Waals surface area contributed by atoms with E-state index in [1.165, 1.54) is 11.1 Å². The third-order valence-corrected chi connectivity index (χ3v) is 5.49. The number of aryl methyl sites for hydroxylation is 1. The van der Waals surface area contributed by atoms with Gasteiger partial charge >= 0.3 is 6.03 Å². The molecule has 25 heavy (non-hydrogen) atoms. The second-order valence-electron chi connectivity index (χ2n) is 7.19. The molecule has 1 spiro atoms. The maximum atomic E-state index is 12.6. The highest BCUT2D eigenvalue weighted by atomic mass is 16.2. The van der Waals surface area contributed by atoms with E-state index in [9.17, 15) is 4.79 Å². The fourth-order valence-corrected chi connectivity index (χ4v) is 3.98. The molecule has 2 aromatic rings. The maximum Gasteiger partial charge on any atom is 0.317 e. The molecule has 5 nitrogen and oxygen atoms in total. The number of carbonyl (C=O) groups excluding carboxylic acids is 1. The second kappa shape index (κ2) is 6.06. The minimum Gasteiger partial charge on any atom is -0.344 e. The standard InChI is InChI=1S/C20H24N4O/c1-14-13-21-18(22-14)15(2)23-19(25)24-11-9-20(10-12-24)8-7-16-5-3-4-6-17(16)20/h3-8,13,15H,9-12H2,1-2H3,(H,21,22)(H,23,25)/t15-/m0/s1. The summed E-state index contributed by atoms with van der Waals surface area (Å²) in [5.41, 5.74) is 3.84. The molecule has 1 saturated heterocycles. The van der Waals surface area contributed by atoms with Crippen molar-refractivity contribution in [2.45, 2.75) is 38.1 Å². The topological polar surface area (TPSA) is 61.0 Å². The molecule has 2 aliphatic rings. The molecule has 0 bridgehead atoms. The lowest BCUT2D eigenvalue weighted by atomic mass is 9.74. The number of aromatic nitrogens is 2. The first kappa shape index (κ1) is 15.9. The smallest absolute Gasteiger partial charge is 0.317 e. The van der Waals surface area contributed by atoms with E-state index in [1.807, 2.05) is 18.7 Å². The molecule has 0 unspecified atom stereocenters. The SMILES string of the molecule is Cc1cnc([C@H](C)NC(=O)N2CCC3(C=Cc4ccccc43)CC2)[nH]1. The number of allylic oxidation sites excluding steroid dienone is 1. The zero-order valence-corrected chi connectivity index (χ0v) is 14.7. The number of hydrogen-bond acceptors (Lipinski definition) is 2. The second-order valence-corrected chi connectivity index (χ2v) is 7.19. The molecule has 1 atom stereocenters. The van der Waals surface area contributed by atoms with Crippen molar-refractivity contribution in [1.82, 2.24) is 20.2 Å². The molecule has 130 valence electrons. The zero-order valence-electron chi connectivity index (χ0n) is 14.7. The van der Waals surface area contributed by atoms with E-state index in [4.69, 9.17) is 0 Å². The summed E-state index contributed by atoms with van der Waals surface area (Å²) in [7, 11) is 0. The Morgan fingerprint density at radius 2 is 2.08 bits per heavy atom. The predicted molar refractivity (Wildman–Crippen MR) is 98.2 cm³/mol. The van der Waals surface area contributed by atoms with Crippen LogP contribution in [0.2, 0.25) is 0 Å². The van der Waals surface area contributed by atoms with E-state index >= 15 is 0 Å². The molecular formula is C20H24N4O. The van der Waals surface area contributed by atoms with Gasteiger partial charge in [0.2, 0.25) is 0 Å². The predicted octanol–water partition coefficient (Wildman–Crippen LogP) is 3.55. The molecule has 1 fully saturated rings. The highest BCUT2D eigenvalue weighted by Gasteiger charge is 2.38. The molecule has 1 aromatic heterocycles. The van der Waals surface area contributed by atoms with Gasteiger partial charge in [-0.25, -0.2) is 9.78 Å². The number of benzene rings is 1. The van der Waals surface area contributed by atoms with Crippen molar-refractivity contribution in [3.63, 3.8) is 0 Å². The van der Waals surface area contributed by atoms with Crippen molar-refractivity contribution in [2.75, 3.05) is 13.1 Å². The quantitative estimate of drug-likeness (QED) is 0.881. The van der Waals surface area contributed by atoms with Crippen LogP contribution in [-0.2, 0) is 5.41 Å². The van der Waals surface area contributed by atoms with Crippen LogP contribution in [0.4, 0.5) is 4.79 Å². The summed E-state index contributed by atoms with van der Waals surface area (Å²) >= 11 is 0. The number of fused-ring (bicyclic) bond motifs is 2. The Hall–Kier alpha value is -2.56. The van der Waals surface area contributed by atoms with Gasteiger partial charge in [-0.3, -0.25) is 0 Å². The minimum absolute atomic E-state index is 0.00772. The number of urea groups is 1. The highest BCUT2D eigenvalue weighted by molar-refractivity contribution is 5.75. The van der Waals surface area contributed by atoms with Gasteiger partial charge < -0.3 is 15.2 Å². The Morgan fingerprint density at radius 3 is 2.80 bits per heavy atom. The number of likely N-dealkylation sites (tertiary alicyclic amines) is 1. The van der Waals surface area contributed by atoms with Crippen molar-refractivity contribution in [3.8, 4) is 0 Å². The van der Waals surface area contributed by atoms with Crippen molar-refractivity contribution in [3.05, 3.63) is 59.2 Å². The molecule has 0 radical (unpaired) electrons. The van der Waals surface area contributed by atoms with Crippen molar-refractivity contribution >= 4 is 12.1 Å². The Bertz CT molecular complexity index is 815. The fraction of sp³-hybridized carbons (Fsp3) is 0.400. The van der Waals surface area contributed by atoms with Crippen LogP contribution in [-0.4, -0.2) is 34.0 Å². The highest BCUT2D eigenvalue weighted by Crippen LogP contribution is 2.43. The summed E-state index contributed by atoms with van der Waals surface area (Å²) in [6.07, 6.45) is 8.30. The third kappa shape index (κ3) is 2.84. The average Bonchev–Trinajstić information content (AvgIpc) is 3.21. The lowest BCUT2D eigenvalue weighted by Gasteiger charge is -2.39. The first-order valence-corrected chi connectivity index (χ1v) is 8.93. The van der Waals surface area contributed by atoms with Crippen LogP contribution in [0, 0.1) is 6.92 Å². The first-order valence-electron chi connectivity index (χ1n) is 8.93. The molecule has 2 heterocycles. The maximum absolute atomic E-state index is 12.6. The number of nitrogens with one attached hydrogen (secondary N) is 2. The number of hydrogen-bond donors (Lipinski definition) is 2. The van der Waals surface area contributed by atoms with Gasteiger partial charge in [-0.2, -0.15) is 0 Å². The Kier molecular flexibility index (Phi) is 3.86. The molecule has 0 saturated carbocycles. The number of rotatable bonds is 2. The molecule has 1 aromatic carbocycles. The van der Waals surface area contributed by atoms with E-state index in [2.05, 4.69) is 51.7 Å². The van der Waals surface area contributed by atoms with Crippen LogP contribution in [0.25, 0.3) is 6.08 Å². The number of H-pyrrole nitrogens is 1. The van der Waals surface area contributed by atoms with E-state index in [1.54, 1.807) is 6.20 Å². The molecular weight excluding hydrogens is 312 g/mol. The number of imidazole rings is 1. The summed E-state index contributed by atoms with van der Waals surface area (Å²) in [6.45, 7) is 5.46. The molecule has 1 aliphatic carbocycles. The molecule has 5 heteroatoms. The van der Waals surface area contributed by atoms with Gasteiger partial charge in [0.1, 0.15) is 5.82 Å². The zero-order chi connectivity index (χ0) is 17.4. The minimum atomic E-state index is -0.121.